The Bertz CT molecular complexity index is 693. The Hall–Kier alpha value is -2.28. The molecule has 0 radical (unpaired) electrons. The molecule has 4 N–H and O–H groups in total. The molecule has 0 bridgehead atoms. The summed E-state index contributed by atoms with van der Waals surface area (Å²) in [7, 11) is 0. The average Bonchev–Trinajstić information content (AvgIpc) is 2.77. The molecule has 30 heavy (non-hydrogen) atoms. The van der Waals surface area contributed by atoms with Crippen LogP contribution in [0.15, 0.2) is 29.3 Å². The number of amides is 1. The fraction of sp³-hybridized carbons (Fsp3) is 0.652. The van der Waals surface area contributed by atoms with Gasteiger partial charge in [-0.1, -0.05) is 31.4 Å². The van der Waals surface area contributed by atoms with Crippen LogP contribution in [0.5, 0.6) is 0 Å². The smallest absolute Gasteiger partial charge is 0.239 e. The van der Waals surface area contributed by atoms with Gasteiger partial charge in [-0.05, 0) is 49.3 Å². The Balaban J connectivity index is 1.57. The van der Waals surface area contributed by atoms with Crippen molar-refractivity contribution in [3.8, 4) is 0 Å². The number of aliphatic imine (C=N–C) groups is 1. The van der Waals surface area contributed by atoms with Gasteiger partial charge < -0.3 is 26.0 Å². The van der Waals surface area contributed by atoms with Crippen molar-refractivity contribution in [1.29, 1.82) is 0 Å². The summed E-state index contributed by atoms with van der Waals surface area (Å²) in [5.41, 5.74) is 2.40. The number of hydrogen-bond donors (Lipinski definition) is 4. The molecule has 2 fully saturated rings. The molecule has 0 aromatic heterocycles. The summed E-state index contributed by atoms with van der Waals surface area (Å²) in [5, 5.41) is 19.3. The highest BCUT2D eigenvalue weighted by Crippen LogP contribution is 2.38. The van der Waals surface area contributed by atoms with Gasteiger partial charge in [-0.15, -0.1) is 0 Å². The van der Waals surface area contributed by atoms with Gasteiger partial charge in [0.05, 0.1) is 13.1 Å². The summed E-state index contributed by atoms with van der Waals surface area (Å²) < 4.78 is 0. The van der Waals surface area contributed by atoms with Crippen molar-refractivity contribution < 1.29 is 9.90 Å². The van der Waals surface area contributed by atoms with E-state index in [0.29, 0.717) is 19.6 Å². The summed E-state index contributed by atoms with van der Waals surface area (Å²) in [6.45, 7) is 6.55. The van der Waals surface area contributed by atoms with Crippen molar-refractivity contribution in [2.24, 2.45) is 10.4 Å². The fourth-order valence-corrected chi connectivity index (χ4v) is 4.51. The standard InChI is InChI=1S/C23H37N5O2/c1-2-24-22(27-18-23(12-15-29)10-4-3-5-11-23)26-16-19-6-8-20(9-7-19)28-14-13-25-21(30)17-28/h6-9,29H,2-5,10-18H2,1H3,(H,25,30)(H2,24,26,27). The Morgan fingerprint density at radius 2 is 1.97 bits per heavy atom. The van der Waals surface area contributed by atoms with Gasteiger partial charge in [-0.25, -0.2) is 4.99 Å². The van der Waals surface area contributed by atoms with E-state index in [0.717, 1.165) is 43.3 Å². The van der Waals surface area contributed by atoms with Gasteiger partial charge >= 0.3 is 0 Å². The molecule has 3 rings (SSSR count). The molecular formula is C23H37N5O2. The minimum Gasteiger partial charge on any atom is -0.396 e. The number of guanidine groups is 1. The summed E-state index contributed by atoms with van der Waals surface area (Å²) >= 11 is 0. The number of hydrogen-bond acceptors (Lipinski definition) is 4. The first-order chi connectivity index (χ1) is 14.6. The van der Waals surface area contributed by atoms with Crippen LogP contribution >= 0.6 is 0 Å². The van der Waals surface area contributed by atoms with Crippen molar-refractivity contribution in [2.45, 2.75) is 52.0 Å². The second kappa shape index (κ2) is 11.2. The number of carbonyl (C=O) groups is 1. The maximum absolute atomic E-state index is 11.6. The highest BCUT2D eigenvalue weighted by molar-refractivity contribution is 5.82. The molecule has 0 spiro atoms. The summed E-state index contributed by atoms with van der Waals surface area (Å²) in [6, 6.07) is 8.32. The quantitative estimate of drug-likeness (QED) is 0.385. The molecule has 2 aliphatic rings. The number of aliphatic hydroxyl groups excluding tert-OH is 1. The average molecular weight is 416 g/mol. The number of benzene rings is 1. The molecule has 1 aliphatic heterocycles. The Labute approximate surface area is 180 Å². The van der Waals surface area contributed by atoms with Crippen LogP contribution in [0.4, 0.5) is 5.69 Å². The Morgan fingerprint density at radius 1 is 1.20 bits per heavy atom. The van der Waals surface area contributed by atoms with Gasteiger partial charge in [-0.3, -0.25) is 4.79 Å². The highest BCUT2D eigenvalue weighted by Gasteiger charge is 2.31. The van der Waals surface area contributed by atoms with E-state index < -0.39 is 0 Å². The molecule has 1 saturated carbocycles. The zero-order valence-electron chi connectivity index (χ0n) is 18.3. The predicted molar refractivity (Wildman–Crippen MR) is 122 cm³/mol. The molecule has 0 atom stereocenters. The fourth-order valence-electron chi connectivity index (χ4n) is 4.51. The number of rotatable bonds is 8. The first kappa shape index (κ1) is 22.4. The minimum atomic E-state index is 0.0771. The summed E-state index contributed by atoms with van der Waals surface area (Å²) in [5.74, 6) is 0.908. The van der Waals surface area contributed by atoms with Crippen LogP contribution in [-0.4, -0.2) is 56.3 Å². The van der Waals surface area contributed by atoms with E-state index in [-0.39, 0.29) is 17.9 Å². The maximum Gasteiger partial charge on any atom is 0.239 e. The molecule has 7 heteroatoms. The third-order valence-electron chi connectivity index (χ3n) is 6.29. The monoisotopic (exact) mass is 415 g/mol. The highest BCUT2D eigenvalue weighted by atomic mass is 16.3. The molecule has 166 valence electrons. The number of carbonyl (C=O) groups excluding carboxylic acids is 1. The van der Waals surface area contributed by atoms with Gasteiger partial charge in [-0.2, -0.15) is 0 Å². The number of piperazine rings is 1. The summed E-state index contributed by atoms with van der Waals surface area (Å²) in [6.07, 6.45) is 7.02. The van der Waals surface area contributed by atoms with Crippen molar-refractivity contribution in [3.05, 3.63) is 29.8 Å². The predicted octanol–water partition coefficient (Wildman–Crippen LogP) is 2.01. The van der Waals surface area contributed by atoms with Crippen LogP contribution < -0.4 is 20.9 Å². The molecular weight excluding hydrogens is 378 g/mol. The third-order valence-corrected chi connectivity index (χ3v) is 6.29. The topological polar surface area (TPSA) is 89.0 Å². The second-order valence-electron chi connectivity index (χ2n) is 8.52. The molecule has 1 heterocycles. The van der Waals surface area contributed by atoms with Gasteiger partial charge in [0, 0.05) is 38.5 Å². The van der Waals surface area contributed by atoms with Crippen molar-refractivity contribution in [2.75, 3.05) is 44.2 Å². The van der Waals surface area contributed by atoms with E-state index in [9.17, 15) is 9.90 Å². The van der Waals surface area contributed by atoms with Crippen LogP contribution in [0.25, 0.3) is 0 Å². The van der Waals surface area contributed by atoms with Crippen molar-refractivity contribution >= 4 is 17.6 Å². The van der Waals surface area contributed by atoms with Crippen molar-refractivity contribution in [3.63, 3.8) is 0 Å². The summed E-state index contributed by atoms with van der Waals surface area (Å²) in [4.78, 5) is 18.5. The van der Waals surface area contributed by atoms with Crippen LogP contribution in [0, 0.1) is 5.41 Å². The normalized spacial score (nSPS) is 19.3. The van der Waals surface area contributed by atoms with Gasteiger partial charge in [0.25, 0.3) is 0 Å². The number of nitrogens with one attached hydrogen (secondary N) is 3. The maximum atomic E-state index is 11.6. The minimum absolute atomic E-state index is 0.0771. The van der Waals surface area contributed by atoms with Gasteiger partial charge in [0.15, 0.2) is 5.96 Å². The van der Waals surface area contributed by atoms with Gasteiger partial charge in [0.2, 0.25) is 5.91 Å². The SMILES string of the molecule is CCNC(=NCc1ccc(N2CCNC(=O)C2)cc1)NCC1(CCO)CCCCC1. The Morgan fingerprint density at radius 3 is 2.63 bits per heavy atom. The van der Waals surface area contributed by atoms with Crippen LogP contribution in [0.3, 0.4) is 0 Å². The van der Waals surface area contributed by atoms with Crippen molar-refractivity contribution in [1.82, 2.24) is 16.0 Å². The van der Waals surface area contributed by atoms with Crippen LogP contribution in [0.2, 0.25) is 0 Å². The van der Waals surface area contributed by atoms with E-state index in [2.05, 4.69) is 52.0 Å². The largest absolute Gasteiger partial charge is 0.396 e. The third kappa shape index (κ3) is 6.36. The molecule has 7 nitrogen and oxygen atoms in total. The molecule has 0 unspecified atom stereocenters. The van der Waals surface area contributed by atoms with Crippen LogP contribution in [0.1, 0.15) is 51.0 Å². The van der Waals surface area contributed by atoms with E-state index >= 15 is 0 Å². The lowest BCUT2D eigenvalue weighted by molar-refractivity contribution is -0.120. The lowest BCUT2D eigenvalue weighted by Crippen LogP contribution is -2.47. The van der Waals surface area contributed by atoms with Crippen LogP contribution in [-0.2, 0) is 11.3 Å². The first-order valence-corrected chi connectivity index (χ1v) is 11.4. The number of aliphatic hydroxyl groups is 1. The van der Waals surface area contributed by atoms with E-state index in [1.807, 2.05) is 0 Å². The first-order valence-electron chi connectivity index (χ1n) is 11.4. The Kier molecular flexibility index (Phi) is 8.37. The molecule has 1 aliphatic carbocycles. The second-order valence-corrected chi connectivity index (χ2v) is 8.52. The lowest BCUT2D eigenvalue weighted by Gasteiger charge is -2.37. The number of nitrogens with zero attached hydrogens (tertiary/aromatic N) is 2. The molecule has 1 aromatic carbocycles. The number of anilines is 1. The lowest BCUT2D eigenvalue weighted by atomic mass is 9.72. The van der Waals surface area contributed by atoms with E-state index in [1.54, 1.807) is 0 Å². The molecule has 1 amide bonds. The van der Waals surface area contributed by atoms with E-state index in [4.69, 9.17) is 4.99 Å². The zero-order valence-corrected chi connectivity index (χ0v) is 18.3. The molecule has 1 saturated heterocycles. The van der Waals surface area contributed by atoms with E-state index in [1.165, 1.54) is 32.1 Å². The molecule has 1 aromatic rings. The van der Waals surface area contributed by atoms with Gasteiger partial charge in [0.1, 0.15) is 0 Å². The zero-order chi connectivity index (χ0) is 21.2.